The normalized spacial score (nSPS) is 16.0. The predicted molar refractivity (Wildman–Crippen MR) is 105 cm³/mol. The van der Waals surface area contributed by atoms with Crippen molar-refractivity contribution in [3.63, 3.8) is 0 Å². The second-order valence-corrected chi connectivity index (χ2v) is 9.06. The molecule has 0 aromatic heterocycles. The Labute approximate surface area is 164 Å². The lowest BCUT2D eigenvalue weighted by Gasteiger charge is -2.31. The highest BCUT2D eigenvalue weighted by molar-refractivity contribution is 7.99. The van der Waals surface area contributed by atoms with Crippen LogP contribution in [0.4, 0.5) is 9.18 Å². The number of amides is 2. The molecule has 150 valence electrons. The fourth-order valence-corrected chi connectivity index (χ4v) is 4.02. The lowest BCUT2D eigenvalue weighted by Crippen LogP contribution is -2.54. The van der Waals surface area contributed by atoms with E-state index in [9.17, 15) is 14.0 Å². The molecule has 7 heteroatoms. The first-order chi connectivity index (χ1) is 12.7. The van der Waals surface area contributed by atoms with Gasteiger partial charge in [-0.2, -0.15) is 0 Å². The molecule has 5 nitrogen and oxygen atoms in total. The number of nitrogens with one attached hydrogen (secondary N) is 2. The number of ether oxygens (including phenoxy) is 1. The van der Waals surface area contributed by atoms with Crippen molar-refractivity contribution in [1.82, 2.24) is 10.6 Å². The van der Waals surface area contributed by atoms with E-state index < -0.39 is 17.2 Å². The zero-order chi connectivity index (χ0) is 19.9. The molecule has 1 aromatic rings. The van der Waals surface area contributed by atoms with Gasteiger partial charge in [-0.25, -0.2) is 9.18 Å². The maximum absolute atomic E-state index is 13.6. The fraction of sp³-hybridized carbons (Fsp3) is 0.600. The molecule has 2 amide bonds. The van der Waals surface area contributed by atoms with Gasteiger partial charge in [0.15, 0.2) is 0 Å². The van der Waals surface area contributed by atoms with Crippen LogP contribution in [0.1, 0.15) is 52.9 Å². The number of benzene rings is 1. The number of carbonyl (C=O) groups is 2. The van der Waals surface area contributed by atoms with E-state index in [4.69, 9.17) is 4.74 Å². The molecule has 1 fully saturated rings. The summed E-state index contributed by atoms with van der Waals surface area (Å²) in [6, 6.07) is 6.55. The summed E-state index contributed by atoms with van der Waals surface area (Å²) < 4.78 is 18.9. The standard InChI is InChI=1S/C20H29FN2O3S/c1-19(2,3)26-18(25)22-14-20(11-6-7-12-20)23-17(24)10-13-27-16-9-5-4-8-15(16)21/h4-5,8-9H,6-7,10-14H2,1-3H3,(H,22,25)(H,23,24). The largest absolute Gasteiger partial charge is 0.444 e. The molecule has 0 heterocycles. The zero-order valence-electron chi connectivity index (χ0n) is 16.3. The minimum Gasteiger partial charge on any atom is -0.444 e. The van der Waals surface area contributed by atoms with Crippen LogP contribution in [0.25, 0.3) is 0 Å². The molecule has 2 N–H and O–H groups in total. The van der Waals surface area contributed by atoms with Crippen molar-refractivity contribution in [1.29, 1.82) is 0 Å². The van der Waals surface area contributed by atoms with Crippen molar-refractivity contribution in [3.05, 3.63) is 30.1 Å². The van der Waals surface area contributed by atoms with Gasteiger partial charge in [0.2, 0.25) is 5.91 Å². The van der Waals surface area contributed by atoms with Crippen molar-refractivity contribution < 1.29 is 18.7 Å². The summed E-state index contributed by atoms with van der Waals surface area (Å²) in [5.41, 5.74) is -0.975. The van der Waals surface area contributed by atoms with Crippen LogP contribution in [0.5, 0.6) is 0 Å². The average Bonchev–Trinajstić information content (AvgIpc) is 3.02. The SMILES string of the molecule is CC(C)(C)OC(=O)NCC1(NC(=O)CCSc2ccccc2F)CCCC1. The number of thioether (sulfide) groups is 1. The Balaban J connectivity index is 1.81. The minimum absolute atomic E-state index is 0.0771. The quantitative estimate of drug-likeness (QED) is 0.676. The van der Waals surface area contributed by atoms with Crippen LogP contribution < -0.4 is 10.6 Å². The third-order valence-corrected chi connectivity index (χ3v) is 5.41. The van der Waals surface area contributed by atoms with E-state index in [1.807, 2.05) is 20.8 Å². The Hall–Kier alpha value is -1.76. The topological polar surface area (TPSA) is 67.4 Å². The molecular formula is C20H29FN2O3S. The molecule has 1 aromatic carbocycles. The van der Waals surface area contributed by atoms with Gasteiger partial charge >= 0.3 is 6.09 Å². The highest BCUT2D eigenvalue weighted by atomic mass is 32.2. The third-order valence-electron chi connectivity index (χ3n) is 4.36. The molecule has 1 aliphatic rings. The molecular weight excluding hydrogens is 367 g/mol. The van der Waals surface area contributed by atoms with Gasteiger partial charge in [0.1, 0.15) is 11.4 Å². The number of hydrogen-bond donors (Lipinski definition) is 2. The highest BCUT2D eigenvalue weighted by Gasteiger charge is 2.36. The Morgan fingerprint density at radius 1 is 1.22 bits per heavy atom. The summed E-state index contributed by atoms with van der Waals surface area (Å²) in [5.74, 6) is 0.158. The van der Waals surface area contributed by atoms with Gasteiger partial charge < -0.3 is 15.4 Å². The second kappa shape index (κ2) is 9.44. The Morgan fingerprint density at radius 3 is 2.52 bits per heavy atom. The van der Waals surface area contributed by atoms with Crippen molar-refractivity contribution >= 4 is 23.8 Å². The predicted octanol–water partition coefficient (Wildman–Crippen LogP) is 4.26. The molecule has 0 bridgehead atoms. The summed E-state index contributed by atoms with van der Waals surface area (Å²) in [5, 5.41) is 5.88. The van der Waals surface area contributed by atoms with E-state index in [1.165, 1.54) is 17.8 Å². The summed E-state index contributed by atoms with van der Waals surface area (Å²) in [7, 11) is 0. The Morgan fingerprint density at radius 2 is 1.89 bits per heavy atom. The number of carbonyl (C=O) groups excluding carboxylic acids is 2. The monoisotopic (exact) mass is 396 g/mol. The van der Waals surface area contributed by atoms with Crippen LogP contribution in [0, 0.1) is 5.82 Å². The molecule has 0 spiro atoms. The smallest absolute Gasteiger partial charge is 0.407 e. The third kappa shape index (κ3) is 7.40. The van der Waals surface area contributed by atoms with E-state index in [1.54, 1.807) is 18.2 Å². The van der Waals surface area contributed by atoms with Crippen molar-refractivity contribution in [3.8, 4) is 0 Å². The summed E-state index contributed by atoms with van der Waals surface area (Å²) in [6.07, 6.45) is 3.51. The van der Waals surface area contributed by atoms with Crippen molar-refractivity contribution in [2.24, 2.45) is 0 Å². The van der Waals surface area contributed by atoms with Gasteiger partial charge in [0.05, 0.1) is 5.54 Å². The van der Waals surface area contributed by atoms with Crippen LogP contribution in [-0.2, 0) is 9.53 Å². The molecule has 0 radical (unpaired) electrons. The van der Waals surface area contributed by atoms with Crippen molar-refractivity contribution in [2.45, 2.75) is 68.9 Å². The van der Waals surface area contributed by atoms with E-state index in [0.717, 1.165) is 25.7 Å². The molecule has 1 saturated carbocycles. The van der Waals surface area contributed by atoms with Gasteiger partial charge in [-0.1, -0.05) is 25.0 Å². The van der Waals surface area contributed by atoms with Gasteiger partial charge in [-0.15, -0.1) is 11.8 Å². The lowest BCUT2D eigenvalue weighted by molar-refractivity contribution is -0.122. The number of alkyl carbamates (subject to hydrolysis) is 1. The Bertz CT molecular complexity index is 655. The molecule has 0 aliphatic heterocycles. The highest BCUT2D eigenvalue weighted by Crippen LogP contribution is 2.29. The number of hydrogen-bond acceptors (Lipinski definition) is 4. The van der Waals surface area contributed by atoms with Crippen LogP contribution in [0.15, 0.2) is 29.2 Å². The fourth-order valence-electron chi connectivity index (χ4n) is 3.13. The first-order valence-corrected chi connectivity index (χ1v) is 10.3. The summed E-state index contributed by atoms with van der Waals surface area (Å²) in [4.78, 5) is 24.9. The first-order valence-electron chi connectivity index (χ1n) is 9.34. The first kappa shape index (κ1) is 21.5. The maximum atomic E-state index is 13.6. The van der Waals surface area contributed by atoms with E-state index in [2.05, 4.69) is 10.6 Å². The summed E-state index contributed by atoms with van der Waals surface area (Å²) >= 11 is 1.33. The van der Waals surface area contributed by atoms with Crippen LogP contribution in [0.2, 0.25) is 0 Å². The van der Waals surface area contributed by atoms with E-state index in [0.29, 0.717) is 23.6 Å². The Kier molecular flexibility index (Phi) is 7.53. The molecule has 2 rings (SSSR count). The minimum atomic E-state index is -0.555. The zero-order valence-corrected chi connectivity index (χ0v) is 17.1. The maximum Gasteiger partial charge on any atom is 0.407 e. The van der Waals surface area contributed by atoms with Gasteiger partial charge in [0.25, 0.3) is 0 Å². The van der Waals surface area contributed by atoms with Crippen LogP contribution >= 0.6 is 11.8 Å². The van der Waals surface area contributed by atoms with E-state index in [-0.39, 0.29) is 11.7 Å². The molecule has 1 aliphatic carbocycles. The molecule has 0 atom stereocenters. The second-order valence-electron chi connectivity index (χ2n) is 7.92. The summed E-state index contributed by atoms with van der Waals surface area (Å²) in [6.45, 7) is 5.79. The molecule has 27 heavy (non-hydrogen) atoms. The van der Waals surface area contributed by atoms with Crippen molar-refractivity contribution in [2.75, 3.05) is 12.3 Å². The van der Waals surface area contributed by atoms with Crippen LogP contribution in [-0.4, -0.2) is 35.4 Å². The van der Waals surface area contributed by atoms with Crippen LogP contribution in [0.3, 0.4) is 0 Å². The number of rotatable bonds is 7. The van der Waals surface area contributed by atoms with E-state index >= 15 is 0 Å². The number of halogens is 1. The molecule has 0 saturated heterocycles. The molecule has 0 unspecified atom stereocenters. The lowest BCUT2D eigenvalue weighted by atomic mass is 9.97. The van der Waals surface area contributed by atoms with Gasteiger partial charge in [-0.05, 0) is 45.7 Å². The average molecular weight is 397 g/mol. The van der Waals surface area contributed by atoms with Gasteiger partial charge in [-0.3, -0.25) is 4.79 Å². The van der Waals surface area contributed by atoms with Gasteiger partial charge in [0, 0.05) is 23.6 Å².